The van der Waals surface area contributed by atoms with Crippen LogP contribution in [0.4, 0.5) is 0 Å². The Morgan fingerprint density at radius 2 is 1.67 bits per heavy atom. The quantitative estimate of drug-likeness (QED) is 0.399. The number of allylic oxidation sites excluding steroid dienone is 1. The highest BCUT2D eigenvalue weighted by atomic mass is 31.2. The first-order valence-electron chi connectivity index (χ1n) is 9.15. The summed E-state index contributed by atoms with van der Waals surface area (Å²) < 4.78 is 23.7. The van der Waals surface area contributed by atoms with Gasteiger partial charge in [-0.3, -0.25) is 9.36 Å². The van der Waals surface area contributed by atoms with Gasteiger partial charge in [-0.1, -0.05) is 42.5 Å². The van der Waals surface area contributed by atoms with E-state index in [1.54, 1.807) is 33.8 Å². The third-order valence-corrected chi connectivity index (χ3v) is 6.61. The normalized spacial score (nSPS) is 11.9. The lowest BCUT2D eigenvalue weighted by Crippen LogP contribution is -2.27. The summed E-state index contributed by atoms with van der Waals surface area (Å²) in [5, 5.41) is 2.07. The molecular formula is C22H27O4P. The zero-order valence-electron chi connectivity index (χ0n) is 16.6. The largest absolute Gasteiger partial charge is 0.397 e. The average molecular weight is 386 g/mol. The van der Waals surface area contributed by atoms with E-state index in [-0.39, 0.29) is 13.2 Å². The van der Waals surface area contributed by atoms with Crippen molar-refractivity contribution in [2.24, 2.45) is 5.41 Å². The highest BCUT2D eigenvalue weighted by Gasteiger charge is 2.47. The van der Waals surface area contributed by atoms with Crippen LogP contribution in [0.5, 0.6) is 0 Å². The molecule has 0 aromatic heterocycles. The lowest BCUT2D eigenvalue weighted by Gasteiger charge is -2.29. The molecule has 2 aromatic carbocycles. The average Bonchev–Trinajstić information content (AvgIpc) is 2.65. The second-order valence-corrected chi connectivity index (χ2v) is 8.52. The van der Waals surface area contributed by atoms with Gasteiger partial charge in [-0.2, -0.15) is 0 Å². The molecule has 0 bridgehead atoms. The summed E-state index contributed by atoms with van der Waals surface area (Å²) >= 11 is 0. The summed E-state index contributed by atoms with van der Waals surface area (Å²) in [5.41, 5.74) is 3.07. The fourth-order valence-electron chi connectivity index (χ4n) is 3.13. The van der Waals surface area contributed by atoms with Crippen molar-refractivity contribution >= 4 is 29.5 Å². The van der Waals surface area contributed by atoms with Crippen LogP contribution in [-0.2, 0) is 18.4 Å². The maximum Gasteiger partial charge on any atom is 0.397 e. The molecule has 0 aliphatic heterocycles. The first-order valence-corrected chi connectivity index (χ1v) is 10.7. The van der Waals surface area contributed by atoms with Crippen LogP contribution in [-0.4, -0.2) is 18.7 Å². The smallest absolute Gasteiger partial charge is 0.303 e. The van der Waals surface area contributed by atoms with Gasteiger partial charge in [0.2, 0.25) is 0 Å². The molecule has 2 aromatic rings. The van der Waals surface area contributed by atoms with E-state index in [0.29, 0.717) is 5.57 Å². The third kappa shape index (κ3) is 4.31. The van der Waals surface area contributed by atoms with Gasteiger partial charge in [0.1, 0.15) is 0 Å². The van der Waals surface area contributed by atoms with Crippen LogP contribution in [0.2, 0.25) is 0 Å². The van der Waals surface area contributed by atoms with E-state index in [0.717, 1.165) is 16.3 Å². The van der Waals surface area contributed by atoms with Crippen LogP contribution >= 0.6 is 7.60 Å². The molecular weight excluding hydrogens is 359 g/mol. The van der Waals surface area contributed by atoms with Gasteiger partial charge in [-0.05, 0) is 57.0 Å². The van der Waals surface area contributed by atoms with Crippen molar-refractivity contribution in [1.82, 2.24) is 0 Å². The molecule has 0 spiro atoms. The van der Waals surface area contributed by atoms with Crippen LogP contribution in [0, 0.1) is 5.41 Å². The number of hydrogen-bond donors (Lipinski definition) is 0. The first-order chi connectivity index (χ1) is 12.8. The van der Waals surface area contributed by atoms with Gasteiger partial charge in [0.25, 0.3) is 5.52 Å². The Hall–Kier alpha value is -1.96. The predicted molar refractivity (Wildman–Crippen MR) is 111 cm³/mol. The molecule has 144 valence electrons. The maximum atomic E-state index is 13.3. The first kappa shape index (κ1) is 21.3. The van der Waals surface area contributed by atoms with Gasteiger partial charge >= 0.3 is 7.60 Å². The van der Waals surface area contributed by atoms with Gasteiger partial charge in [-0.25, -0.2) is 0 Å². The molecule has 2 rings (SSSR count). The van der Waals surface area contributed by atoms with Crippen LogP contribution in [0.3, 0.4) is 0 Å². The SMILES string of the molecule is CC=C=C(c1cccc2ccccc12)C(C)(C)C(=O)P(=O)(OCC)OCC. The fourth-order valence-corrected chi connectivity index (χ4v) is 4.91. The number of hydrogen-bond acceptors (Lipinski definition) is 4. The zero-order chi connectivity index (χ0) is 20.1. The second kappa shape index (κ2) is 8.82. The lowest BCUT2D eigenvalue weighted by molar-refractivity contribution is -0.119. The van der Waals surface area contributed by atoms with Gasteiger partial charge < -0.3 is 9.05 Å². The van der Waals surface area contributed by atoms with E-state index in [9.17, 15) is 9.36 Å². The van der Waals surface area contributed by atoms with Gasteiger partial charge in [-0.15, -0.1) is 5.73 Å². The Bertz CT molecular complexity index is 921. The van der Waals surface area contributed by atoms with E-state index in [4.69, 9.17) is 9.05 Å². The van der Waals surface area contributed by atoms with Crippen LogP contribution in [0.1, 0.15) is 40.2 Å². The Morgan fingerprint density at radius 3 is 2.26 bits per heavy atom. The minimum Gasteiger partial charge on any atom is -0.303 e. The third-order valence-electron chi connectivity index (χ3n) is 4.35. The Kier molecular flexibility index (Phi) is 6.97. The summed E-state index contributed by atoms with van der Waals surface area (Å²) in [4.78, 5) is 13.3. The van der Waals surface area contributed by atoms with Crippen molar-refractivity contribution in [2.75, 3.05) is 13.2 Å². The van der Waals surface area contributed by atoms with Crippen molar-refractivity contribution in [2.45, 2.75) is 34.6 Å². The minimum atomic E-state index is -3.90. The number of benzene rings is 2. The topological polar surface area (TPSA) is 52.6 Å². The molecule has 0 aliphatic rings. The van der Waals surface area contributed by atoms with Gasteiger partial charge in [0.15, 0.2) is 0 Å². The maximum absolute atomic E-state index is 13.3. The van der Waals surface area contributed by atoms with E-state index in [1.807, 2.05) is 49.4 Å². The standard InChI is InChI=1S/C22H27O4P/c1-6-12-20(19-16-11-14-17-13-9-10-15-18(17)19)22(4,5)21(23)27(24,25-7-2)26-8-3/h6,9-11,13-16H,7-8H2,1-5H3. The Labute approximate surface area is 161 Å². The van der Waals surface area contributed by atoms with Crippen LogP contribution in [0.15, 0.2) is 54.3 Å². The molecule has 0 aliphatic carbocycles. The monoisotopic (exact) mass is 386 g/mol. The van der Waals surface area contributed by atoms with Gasteiger partial charge in [0, 0.05) is 5.57 Å². The summed E-state index contributed by atoms with van der Waals surface area (Å²) in [6.45, 7) is 8.99. The lowest BCUT2D eigenvalue weighted by atomic mass is 9.80. The van der Waals surface area contributed by atoms with Crippen LogP contribution in [0.25, 0.3) is 16.3 Å². The molecule has 0 saturated heterocycles. The van der Waals surface area contributed by atoms with E-state index < -0.39 is 18.5 Å². The molecule has 0 radical (unpaired) electrons. The molecule has 0 heterocycles. The zero-order valence-corrected chi connectivity index (χ0v) is 17.5. The van der Waals surface area contributed by atoms with Crippen molar-refractivity contribution in [3.8, 4) is 0 Å². The summed E-state index contributed by atoms with van der Waals surface area (Å²) in [7, 11) is -3.90. The number of fused-ring (bicyclic) bond motifs is 1. The number of carbonyl (C=O) groups is 1. The Balaban J connectivity index is 2.66. The molecule has 0 saturated carbocycles. The molecule has 4 nitrogen and oxygen atoms in total. The molecule has 0 fully saturated rings. The molecule has 0 amide bonds. The molecule has 27 heavy (non-hydrogen) atoms. The molecule has 0 atom stereocenters. The second-order valence-electron chi connectivity index (χ2n) is 6.60. The van der Waals surface area contributed by atoms with E-state index >= 15 is 0 Å². The summed E-state index contributed by atoms with van der Waals surface area (Å²) in [6, 6.07) is 13.9. The molecule has 0 N–H and O–H groups in total. The van der Waals surface area contributed by atoms with Crippen molar-refractivity contribution < 1.29 is 18.4 Å². The van der Waals surface area contributed by atoms with Crippen molar-refractivity contribution in [3.63, 3.8) is 0 Å². The van der Waals surface area contributed by atoms with Gasteiger partial charge in [0.05, 0.1) is 18.6 Å². The summed E-state index contributed by atoms with van der Waals surface area (Å²) in [5.74, 6) is 0. The predicted octanol–water partition coefficient (Wildman–Crippen LogP) is 6.22. The summed E-state index contributed by atoms with van der Waals surface area (Å²) in [6.07, 6.45) is 1.76. The number of carbonyl (C=O) groups excluding carboxylic acids is 1. The number of rotatable bonds is 8. The highest BCUT2D eigenvalue weighted by molar-refractivity contribution is 7.72. The fraction of sp³-hybridized carbons (Fsp3) is 0.364. The van der Waals surface area contributed by atoms with E-state index in [1.165, 1.54) is 0 Å². The minimum absolute atomic E-state index is 0.135. The Morgan fingerprint density at radius 1 is 1.07 bits per heavy atom. The highest BCUT2D eigenvalue weighted by Crippen LogP contribution is 2.56. The van der Waals surface area contributed by atoms with Crippen LogP contribution < -0.4 is 0 Å². The van der Waals surface area contributed by atoms with Crippen molar-refractivity contribution in [3.05, 3.63) is 59.8 Å². The molecule has 0 unspecified atom stereocenters. The molecule has 5 heteroatoms. The van der Waals surface area contributed by atoms with E-state index in [2.05, 4.69) is 5.73 Å². The van der Waals surface area contributed by atoms with Crippen molar-refractivity contribution in [1.29, 1.82) is 0 Å².